The molecule has 2 aromatic heterocycles. The standard InChI is InChI=1S/C40H42F4N6O3/c1-5-26-28(41)12-10-24-8-6-9-27(31(24)26)34-33(44)35-32-29(45-34)13-11-25-21-48(38(51)53-39(2,3)4)16-17-50(25)36(32)47-37(46-35)52-22-40-14-7-15-49(40)20-23(19-40)18-30(42)43/h1,6,8-10,12,23,25,30H,7,11,13-22H2,2-4H3. The number of carbonyl (C=O) groups is 1. The van der Waals surface area contributed by atoms with Crippen LogP contribution in [0.15, 0.2) is 30.3 Å². The number of hydrogen-bond acceptors (Lipinski definition) is 8. The molecular weight excluding hydrogens is 688 g/mol. The van der Waals surface area contributed by atoms with Gasteiger partial charge in [0.1, 0.15) is 35.1 Å². The van der Waals surface area contributed by atoms with Crippen LogP contribution in [0.2, 0.25) is 0 Å². The number of halogens is 4. The van der Waals surface area contributed by atoms with Crippen LogP contribution in [0.4, 0.5) is 28.2 Å². The van der Waals surface area contributed by atoms with Crippen molar-refractivity contribution in [3.8, 4) is 29.6 Å². The van der Waals surface area contributed by atoms with Crippen LogP contribution in [0.25, 0.3) is 32.9 Å². The minimum Gasteiger partial charge on any atom is -0.461 e. The minimum atomic E-state index is -2.38. The smallest absolute Gasteiger partial charge is 0.410 e. The van der Waals surface area contributed by atoms with Gasteiger partial charge in [-0.2, -0.15) is 9.97 Å². The normalized spacial score (nSPS) is 22.9. The Kier molecular flexibility index (Phi) is 8.87. The maximum Gasteiger partial charge on any atom is 0.410 e. The van der Waals surface area contributed by atoms with Crippen molar-refractivity contribution in [2.75, 3.05) is 44.2 Å². The molecule has 3 saturated heterocycles. The van der Waals surface area contributed by atoms with Gasteiger partial charge in [-0.1, -0.05) is 30.2 Å². The molecule has 6 heterocycles. The molecular formula is C40H42F4N6O3. The molecule has 4 aliphatic rings. The van der Waals surface area contributed by atoms with Crippen molar-refractivity contribution in [1.82, 2.24) is 24.8 Å². The first-order chi connectivity index (χ1) is 25.3. The number of piperazine rings is 1. The number of anilines is 1. The third kappa shape index (κ3) is 6.38. The number of hydrogen-bond donors (Lipinski definition) is 0. The van der Waals surface area contributed by atoms with Gasteiger partial charge in [-0.05, 0) is 76.8 Å². The SMILES string of the molecule is C#Cc1c(F)ccc2cccc(-c3nc4c5c(nc(OCC67CCCN6CC(CC(F)F)C7)nc5c3F)N3CCN(C(=O)OC(C)(C)C)CC3CC4)c12. The number of terminal acetylenes is 1. The first-order valence-electron chi connectivity index (χ1n) is 18.3. The number of aromatic nitrogens is 3. The van der Waals surface area contributed by atoms with E-state index in [2.05, 4.69) is 15.7 Å². The quantitative estimate of drug-likeness (QED) is 0.150. The molecule has 3 atom stereocenters. The number of pyridine rings is 1. The van der Waals surface area contributed by atoms with Crippen LogP contribution in [0.1, 0.15) is 64.1 Å². The molecule has 0 spiro atoms. The zero-order valence-electron chi connectivity index (χ0n) is 30.1. The second kappa shape index (κ2) is 13.3. The number of carbonyl (C=O) groups excluding carboxylic acids is 1. The van der Waals surface area contributed by atoms with Gasteiger partial charge in [0, 0.05) is 49.6 Å². The number of nitrogens with zero attached hydrogens (tertiary/aromatic N) is 6. The predicted octanol–water partition coefficient (Wildman–Crippen LogP) is 7.36. The molecule has 278 valence electrons. The van der Waals surface area contributed by atoms with Gasteiger partial charge in [-0.15, -0.1) is 6.42 Å². The van der Waals surface area contributed by atoms with Crippen molar-refractivity contribution >= 4 is 33.6 Å². The van der Waals surface area contributed by atoms with Crippen LogP contribution in [-0.2, 0) is 11.2 Å². The van der Waals surface area contributed by atoms with Crippen molar-refractivity contribution in [3.63, 3.8) is 0 Å². The fourth-order valence-corrected chi connectivity index (χ4v) is 8.96. The average molecular weight is 731 g/mol. The highest BCUT2D eigenvalue weighted by atomic mass is 19.3. The summed E-state index contributed by atoms with van der Waals surface area (Å²) in [4.78, 5) is 33.7. The summed E-state index contributed by atoms with van der Waals surface area (Å²) >= 11 is 0. The van der Waals surface area contributed by atoms with Gasteiger partial charge in [0.05, 0.1) is 22.2 Å². The molecule has 3 unspecified atom stereocenters. The molecule has 0 radical (unpaired) electrons. The van der Waals surface area contributed by atoms with Gasteiger partial charge < -0.3 is 19.3 Å². The second-order valence-electron chi connectivity index (χ2n) is 15.8. The lowest BCUT2D eigenvalue weighted by molar-refractivity contribution is 0.0212. The van der Waals surface area contributed by atoms with E-state index >= 15 is 8.78 Å². The average Bonchev–Trinajstić information content (AvgIpc) is 3.60. The monoisotopic (exact) mass is 730 g/mol. The van der Waals surface area contributed by atoms with E-state index in [1.165, 1.54) is 6.07 Å². The van der Waals surface area contributed by atoms with Gasteiger partial charge in [-0.3, -0.25) is 4.90 Å². The number of fused-ring (bicyclic) bond motifs is 4. The number of rotatable bonds is 6. The van der Waals surface area contributed by atoms with E-state index in [1.54, 1.807) is 29.2 Å². The molecule has 0 N–H and O–H groups in total. The molecule has 0 bridgehead atoms. The van der Waals surface area contributed by atoms with Gasteiger partial charge in [-0.25, -0.2) is 27.3 Å². The van der Waals surface area contributed by atoms with Crippen LogP contribution in [0.5, 0.6) is 6.01 Å². The Balaban J connectivity index is 1.23. The Labute approximate surface area is 305 Å². The summed E-state index contributed by atoms with van der Waals surface area (Å²) in [5.74, 6) is 1.44. The summed E-state index contributed by atoms with van der Waals surface area (Å²) in [5, 5.41) is 1.46. The first-order valence-corrected chi connectivity index (χ1v) is 18.3. The van der Waals surface area contributed by atoms with Gasteiger partial charge >= 0.3 is 12.1 Å². The minimum absolute atomic E-state index is 0.0127. The van der Waals surface area contributed by atoms with Crippen LogP contribution in [-0.4, -0.2) is 93.8 Å². The highest BCUT2D eigenvalue weighted by Crippen LogP contribution is 2.45. The molecule has 3 fully saturated rings. The van der Waals surface area contributed by atoms with E-state index in [4.69, 9.17) is 30.8 Å². The van der Waals surface area contributed by atoms with E-state index in [9.17, 15) is 13.6 Å². The number of ether oxygens (including phenoxy) is 2. The third-order valence-electron chi connectivity index (χ3n) is 11.2. The summed E-state index contributed by atoms with van der Waals surface area (Å²) in [6, 6.07) is 7.88. The summed E-state index contributed by atoms with van der Waals surface area (Å²) in [6.07, 6.45) is 6.14. The van der Waals surface area contributed by atoms with E-state index in [0.717, 1.165) is 19.4 Å². The zero-order valence-corrected chi connectivity index (χ0v) is 30.1. The van der Waals surface area contributed by atoms with Crippen molar-refractivity contribution in [1.29, 1.82) is 0 Å². The number of benzene rings is 2. The van der Waals surface area contributed by atoms with E-state index in [0.29, 0.717) is 78.7 Å². The van der Waals surface area contributed by atoms with Gasteiger partial charge in [0.15, 0.2) is 5.82 Å². The molecule has 0 aliphatic carbocycles. The summed E-state index contributed by atoms with van der Waals surface area (Å²) in [5.41, 5.74) is -0.177. The van der Waals surface area contributed by atoms with Crippen molar-refractivity contribution in [2.45, 2.75) is 82.9 Å². The molecule has 53 heavy (non-hydrogen) atoms. The largest absolute Gasteiger partial charge is 0.461 e. The summed E-state index contributed by atoms with van der Waals surface area (Å²) in [6.45, 7) is 8.15. The Morgan fingerprint density at radius 2 is 1.91 bits per heavy atom. The molecule has 13 heteroatoms. The highest BCUT2D eigenvalue weighted by molar-refractivity contribution is 6.02. The maximum absolute atomic E-state index is 17.2. The number of alkyl halides is 2. The predicted molar refractivity (Wildman–Crippen MR) is 193 cm³/mol. The molecule has 4 aliphatic heterocycles. The third-order valence-corrected chi connectivity index (χ3v) is 11.2. The molecule has 9 nitrogen and oxygen atoms in total. The lowest BCUT2D eigenvalue weighted by Gasteiger charge is -2.41. The van der Waals surface area contributed by atoms with Crippen molar-refractivity contribution < 1.29 is 31.8 Å². The van der Waals surface area contributed by atoms with Crippen LogP contribution < -0.4 is 9.64 Å². The maximum atomic E-state index is 17.2. The Morgan fingerprint density at radius 1 is 1.08 bits per heavy atom. The number of aryl methyl sites for hydroxylation is 1. The van der Waals surface area contributed by atoms with E-state index in [-0.39, 0.29) is 47.8 Å². The highest BCUT2D eigenvalue weighted by Gasteiger charge is 2.49. The van der Waals surface area contributed by atoms with Crippen LogP contribution >= 0.6 is 0 Å². The number of amides is 1. The van der Waals surface area contributed by atoms with E-state index < -0.39 is 35.3 Å². The summed E-state index contributed by atoms with van der Waals surface area (Å²) in [7, 11) is 0. The van der Waals surface area contributed by atoms with Crippen LogP contribution in [0, 0.1) is 29.9 Å². The lowest BCUT2D eigenvalue weighted by atomic mass is 9.89. The molecule has 2 aromatic carbocycles. The molecule has 4 aromatic rings. The first kappa shape index (κ1) is 35.3. The fraction of sp³-hybridized carbons (Fsp3) is 0.500. The van der Waals surface area contributed by atoms with Crippen LogP contribution in [0.3, 0.4) is 0 Å². The van der Waals surface area contributed by atoms with Crippen molar-refractivity contribution in [3.05, 3.63) is 53.2 Å². The van der Waals surface area contributed by atoms with E-state index in [1.807, 2.05) is 20.8 Å². The van der Waals surface area contributed by atoms with Crippen molar-refractivity contribution in [2.24, 2.45) is 5.92 Å². The topological polar surface area (TPSA) is 83.9 Å². The summed E-state index contributed by atoms with van der Waals surface area (Å²) < 4.78 is 71.1. The van der Waals surface area contributed by atoms with Gasteiger partial charge in [0.25, 0.3) is 0 Å². The van der Waals surface area contributed by atoms with Gasteiger partial charge in [0.2, 0.25) is 6.43 Å². The lowest BCUT2D eigenvalue weighted by Crippen LogP contribution is -2.55. The molecule has 1 amide bonds. The fourth-order valence-electron chi connectivity index (χ4n) is 8.96. The molecule has 0 saturated carbocycles. The molecule has 8 rings (SSSR count). The Hall–Kier alpha value is -4.70. The second-order valence-corrected chi connectivity index (χ2v) is 15.8. The Morgan fingerprint density at radius 3 is 2.68 bits per heavy atom. The zero-order chi connectivity index (χ0) is 37.2. The Bertz CT molecular complexity index is 2150.